The Morgan fingerprint density at radius 3 is 1.82 bits per heavy atom. The molecular weight excluding hydrogens is 451 g/mol. The van der Waals surface area contributed by atoms with Gasteiger partial charge in [-0.25, -0.2) is 0 Å². The number of allylic oxidation sites excluding steroid dienone is 8. The summed E-state index contributed by atoms with van der Waals surface area (Å²) < 4.78 is 3.88. The van der Waals surface area contributed by atoms with Crippen molar-refractivity contribution in [3.63, 3.8) is 0 Å². The fraction of sp³-hybridized carbons (Fsp3) is 0.556. The summed E-state index contributed by atoms with van der Waals surface area (Å²) in [7, 11) is -0.875. The zero-order valence-electron chi connectivity index (χ0n) is 15.1. The quantitative estimate of drug-likeness (QED) is 0.474. The van der Waals surface area contributed by atoms with Crippen LogP contribution in [0.4, 0.5) is 0 Å². The minimum atomic E-state index is -1.59. The van der Waals surface area contributed by atoms with Crippen molar-refractivity contribution in [2.75, 3.05) is 0 Å². The summed E-state index contributed by atoms with van der Waals surface area (Å²) in [5.41, 5.74) is 6.45. The van der Waals surface area contributed by atoms with E-state index in [4.69, 9.17) is 0 Å². The molecule has 2 aliphatic rings. The van der Waals surface area contributed by atoms with E-state index >= 15 is 0 Å². The molecule has 2 rings (SSSR count). The van der Waals surface area contributed by atoms with E-state index in [0.29, 0.717) is 0 Å². The van der Waals surface area contributed by atoms with Crippen molar-refractivity contribution in [1.82, 2.24) is 0 Å². The molecule has 0 saturated heterocycles. The van der Waals surface area contributed by atoms with E-state index in [1.165, 1.54) is 0 Å². The smallest absolute Gasteiger partial charge is 1.00 e. The van der Waals surface area contributed by atoms with Gasteiger partial charge in [-0.3, -0.25) is 0 Å². The molecule has 2 aliphatic carbocycles. The van der Waals surface area contributed by atoms with E-state index < -0.39 is 28.6 Å². The molecule has 2 unspecified atom stereocenters. The zero-order valence-corrected chi connectivity index (χ0v) is 21.1. The van der Waals surface area contributed by atoms with E-state index in [-0.39, 0.29) is 24.8 Å². The maximum Gasteiger partial charge on any atom is -1.00 e. The molecule has 0 amide bonds. The Bertz CT molecular complexity index is 617. The van der Waals surface area contributed by atoms with Crippen molar-refractivity contribution < 1.29 is 43.4 Å². The van der Waals surface area contributed by atoms with Gasteiger partial charge < -0.3 is 24.8 Å². The van der Waals surface area contributed by atoms with Crippen LogP contribution in [0.5, 0.6) is 0 Å². The summed E-state index contributed by atoms with van der Waals surface area (Å²) in [6.45, 7) is 14.3. The van der Waals surface area contributed by atoms with Crippen molar-refractivity contribution in [1.29, 1.82) is 0 Å². The average Bonchev–Trinajstić information content (AvgIpc) is 2.72. The summed E-state index contributed by atoms with van der Waals surface area (Å²) >= 11 is -1.59. The second-order valence-electron chi connectivity index (χ2n) is 6.76. The first-order valence-corrected chi connectivity index (χ1v) is 21.8. The van der Waals surface area contributed by atoms with Crippen LogP contribution >= 0.6 is 0 Å². The second-order valence-corrected chi connectivity index (χ2v) is 34.4. The minimum Gasteiger partial charge on any atom is -1.00 e. The minimum absolute atomic E-state index is 0. The fourth-order valence-corrected chi connectivity index (χ4v) is 36.3. The summed E-state index contributed by atoms with van der Waals surface area (Å²) in [6, 6.07) is 0. The Morgan fingerprint density at radius 1 is 0.955 bits per heavy atom. The number of rotatable bonds is 2. The van der Waals surface area contributed by atoms with Crippen molar-refractivity contribution in [3.8, 4) is 0 Å². The average molecular weight is 479 g/mol. The molecule has 0 aliphatic heterocycles. The molecule has 4 heteroatoms. The van der Waals surface area contributed by atoms with Gasteiger partial charge in [0.15, 0.2) is 0 Å². The fourth-order valence-electron chi connectivity index (χ4n) is 3.76. The van der Waals surface area contributed by atoms with Crippen molar-refractivity contribution in [2.45, 2.75) is 53.1 Å². The van der Waals surface area contributed by atoms with Gasteiger partial charge in [-0.15, -0.1) is 0 Å². The molecule has 0 nitrogen and oxygen atoms in total. The van der Waals surface area contributed by atoms with Crippen LogP contribution in [-0.2, 0) is 18.6 Å². The van der Waals surface area contributed by atoms with Gasteiger partial charge in [0.1, 0.15) is 0 Å². The maximum atomic E-state index is 2.64. The topological polar surface area (TPSA) is 0 Å². The molecule has 22 heavy (non-hydrogen) atoms. The van der Waals surface area contributed by atoms with Crippen LogP contribution in [0.3, 0.4) is 0 Å². The van der Waals surface area contributed by atoms with Crippen LogP contribution in [0.15, 0.2) is 41.0 Å². The molecule has 0 aromatic heterocycles. The molecule has 0 N–H and O–H groups in total. The van der Waals surface area contributed by atoms with Gasteiger partial charge in [0.05, 0.1) is 0 Å². The number of halogens is 2. The van der Waals surface area contributed by atoms with Crippen molar-refractivity contribution in [3.05, 3.63) is 41.0 Å². The monoisotopic (exact) mass is 478 g/mol. The predicted molar refractivity (Wildman–Crippen MR) is 88.7 cm³/mol. The van der Waals surface area contributed by atoms with E-state index in [1.54, 1.807) is 22.3 Å². The van der Waals surface area contributed by atoms with Gasteiger partial charge >= 0.3 is 135 Å². The number of hydrogen-bond donors (Lipinski definition) is 0. The largest absolute Gasteiger partial charge is 1.00 e. The Balaban J connectivity index is 0.00000220. The summed E-state index contributed by atoms with van der Waals surface area (Å²) in [5, 5.41) is 0. The van der Waals surface area contributed by atoms with Crippen LogP contribution in [-0.4, -0.2) is 9.98 Å². The molecule has 0 spiro atoms. The molecule has 0 saturated carbocycles. The molecule has 0 radical (unpaired) electrons. The van der Waals surface area contributed by atoms with Crippen molar-refractivity contribution in [2.24, 2.45) is 11.8 Å². The molecular formula is C18H28Cl2GeZr. The van der Waals surface area contributed by atoms with Crippen molar-refractivity contribution >= 4 is 9.98 Å². The predicted octanol–water partition coefficient (Wildman–Crippen LogP) is -0.396. The van der Waals surface area contributed by atoms with Gasteiger partial charge in [-0.1, -0.05) is 0 Å². The van der Waals surface area contributed by atoms with E-state index in [1.807, 2.05) is 6.56 Å². The number of hydrogen-bond acceptors (Lipinski definition) is 0. The SMILES string of the molecule is CC1=CC(C)[C]([Zr+2]([C]2=C(C)C=C(C)C2C)=[Ge]([CH3])[CH3])=C1C.[Cl-].[Cl-]. The third-order valence-electron chi connectivity index (χ3n) is 4.97. The van der Waals surface area contributed by atoms with Crippen LogP contribution in [0.25, 0.3) is 0 Å². The maximum absolute atomic E-state index is 2.64. The zero-order chi connectivity index (χ0) is 15.2. The summed E-state index contributed by atoms with van der Waals surface area (Å²) in [4.78, 5) is 0. The normalized spacial score (nSPS) is 23.4. The van der Waals surface area contributed by atoms with Gasteiger partial charge in [0, 0.05) is 0 Å². The van der Waals surface area contributed by atoms with E-state index in [2.05, 4.69) is 65.2 Å². The first kappa shape index (κ1) is 23.0. The molecule has 0 bridgehead atoms. The third kappa shape index (κ3) is 4.13. The Hall–Kier alpha value is 0.966. The Kier molecular flexibility index (Phi) is 9.27. The van der Waals surface area contributed by atoms with Crippen LogP contribution < -0.4 is 24.8 Å². The van der Waals surface area contributed by atoms with Crippen LogP contribution in [0, 0.1) is 11.8 Å². The van der Waals surface area contributed by atoms with Gasteiger partial charge in [-0.2, -0.15) is 0 Å². The molecule has 0 heterocycles. The molecule has 0 aromatic rings. The van der Waals surface area contributed by atoms with E-state index in [9.17, 15) is 0 Å². The van der Waals surface area contributed by atoms with Crippen LogP contribution in [0.2, 0.25) is 11.5 Å². The Morgan fingerprint density at radius 2 is 1.50 bits per heavy atom. The first-order valence-electron chi connectivity index (χ1n) is 7.72. The van der Waals surface area contributed by atoms with Crippen LogP contribution in [0.1, 0.15) is 41.5 Å². The van der Waals surface area contributed by atoms with E-state index in [0.717, 1.165) is 11.8 Å². The first-order chi connectivity index (χ1) is 9.25. The molecule has 0 aromatic carbocycles. The third-order valence-corrected chi connectivity index (χ3v) is 33.3. The summed E-state index contributed by atoms with van der Waals surface area (Å²) in [5.74, 6) is 6.73. The van der Waals surface area contributed by atoms with Gasteiger partial charge in [-0.05, 0) is 0 Å². The molecule has 2 atom stereocenters. The second kappa shape index (κ2) is 8.88. The summed E-state index contributed by atoms with van der Waals surface area (Å²) in [6.07, 6.45) is 4.99. The van der Waals surface area contributed by atoms with Gasteiger partial charge in [0.25, 0.3) is 0 Å². The standard InChI is InChI=1S/2C8H11.C2H6Ge.2ClH.Zr/c2*1-6-4-7(2)8(3)5-6;1-3-2;;;/h4,8H,1-3H3;4,6H,1-3H3;1-2H3;2*1H;/q;;;;;+2/p-2. The Labute approximate surface area is 158 Å². The molecule has 0 fully saturated rings. The van der Waals surface area contributed by atoms with Gasteiger partial charge in [0.2, 0.25) is 0 Å². The molecule has 122 valence electrons.